The van der Waals surface area contributed by atoms with E-state index < -0.39 is 23.8 Å². The number of hydrogen-bond acceptors (Lipinski definition) is 6. The Balaban J connectivity index is 3.02. The number of carbonyl (C=O) groups excluding carboxylic acids is 2. The predicted molar refractivity (Wildman–Crippen MR) is 65.8 cm³/mol. The monoisotopic (exact) mass is 276 g/mol. The second-order valence-electron chi connectivity index (χ2n) is 3.45. The van der Waals surface area contributed by atoms with E-state index in [1.54, 1.807) is 13.8 Å². The van der Waals surface area contributed by atoms with Gasteiger partial charge in [0.1, 0.15) is 5.57 Å². The summed E-state index contributed by atoms with van der Waals surface area (Å²) in [6, 6.07) is 0. The Hall–Kier alpha value is -0.950. The maximum absolute atomic E-state index is 11.7. The summed E-state index contributed by atoms with van der Waals surface area (Å²) in [5.74, 6) is -2.19. The van der Waals surface area contributed by atoms with Crippen LogP contribution in [-0.4, -0.2) is 40.4 Å². The number of aliphatic carboxylic acids is 1. The van der Waals surface area contributed by atoms with Crippen molar-refractivity contribution in [2.75, 3.05) is 11.5 Å². The molecule has 0 aromatic carbocycles. The fourth-order valence-corrected chi connectivity index (χ4v) is 3.61. The number of carboxylic acids is 1. The van der Waals surface area contributed by atoms with Crippen molar-refractivity contribution in [2.24, 2.45) is 0 Å². The fourth-order valence-electron chi connectivity index (χ4n) is 1.10. The highest BCUT2D eigenvalue weighted by molar-refractivity contribution is 8.25. The van der Waals surface area contributed by atoms with Crippen LogP contribution in [0.1, 0.15) is 13.8 Å². The number of ether oxygens (including phenoxy) is 1. The van der Waals surface area contributed by atoms with Crippen molar-refractivity contribution < 1.29 is 24.2 Å². The van der Waals surface area contributed by atoms with E-state index in [4.69, 9.17) is 9.84 Å². The van der Waals surface area contributed by atoms with Gasteiger partial charge in [-0.1, -0.05) is 0 Å². The van der Waals surface area contributed by atoms with Crippen LogP contribution < -0.4 is 0 Å². The zero-order chi connectivity index (χ0) is 13.0. The van der Waals surface area contributed by atoms with Gasteiger partial charge in [0.05, 0.1) is 10.3 Å². The molecule has 17 heavy (non-hydrogen) atoms. The maximum Gasteiger partial charge on any atom is 0.377 e. The van der Waals surface area contributed by atoms with Gasteiger partial charge >= 0.3 is 11.9 Å². The van der Waals surface area contributed by atoms with Crippen LogP contribution >= 0.6 is 23.5 Å². The molecule has 1 heterocycles. The quantitative estimate of drug-likeness (QED) is 0.272. The van der Waals surface area contributed by atoms with Crippen molar-refractivity contribution in [1.82, 2.24) is 0 Å². The minimum absolute atomic E-state index is 0.348. The van der Waals surface area contributed by atoms with E-state index >= 15 is 0 Å². The van der Waals surface area contributed by atoms with Crippen LogP contribution in [0.5, 0.6) is 0 Å². The van der Waals surface area contributed by atoms with Crippen LogP contribution in [0.2, 0.25) is 0 Å². The SMILES string of the molecule is CC(C)OC(=O)C(C(=O)C(=O)O)=C1SCCS1. The zero-order valence-electron chi connectivity index (χ0n) is 9.39. The molecule has 7 heteroatoms. The van der Waals surface area contributed by atoms with Gasteiger partial charge in [-0.25, -0.2) is 9.59 Å². The molecule has 0 radical (unpaired) electrons. The molecular weight excluding hydrogens is 264 g/mol. The van der Waals surface area contributed by atoms with Crippen LogP contribution in [0, 0.1) is 0 Å². The average molecular weight is 276 g/mol. The van der Waals surface area contributed by atoms with Gasteiger partial charge in [0.15, 0.2) is 0 Å². The Morgan fingerprint density at radius 3 is 2.18 bits per heavy atom. The molecule has 1 N–H and O–H groups in total. The lowest BCUT2D eigenvalue weighted by Crippen LogP contribution is -2.25. The Morgan fingerprint density at radius 1 is 1.24 bits per heavy atom. The molecule has 0 aliphatic carbocycles. The Bertz CT molecular complexity index is 378. The van der Waals surface area contributed by atoms with E-state index in [1.165, 1.54) is 23.5 Å². The summed E-state index contributed by atoms with van der Waals surface area (Å²) in [4.78, 5) is 33.8. The van der Waals surface area contributed by atoms with Crippen LogP contribution in [-0.2, 0) is 19.1 Å². The number of thioether (sulfide) groups is 2. The number of carboxylic acid groups (broad SMARTS) is 1. The van der Waals surface area contributed by atoms with Crippen LogP contribution in [0.4, 0.5) is 0 Å². The van der Waals surface area contributed by atoms with E-state index in [2.05, 4.69) is 0 Å². The number of ketones is 1. The molecule has 0 bridgehead atoms. The predicted octanol–water partition coefficient (Wildman–Crippen LogP) is 1.28. The first kappa shape index (κ1) is 14.1. The summed E-state index contributed by atoms with van der Waals surface area (Å²) in [6.45, 7) is 3.28. The average Bonchev–Trinajstić information content (AvgIpc) is 2.69. The first-order valence-corrected chi connectivity index (χ1v) is 6.89. The molecule has 0 saturated carbocycles. The summed E-state index contributed by atoms with van der Waals surface area (Å²) < 4.78 is 5.34. The third-order valence-electron chi connectivity index (χ3n) is 1.72. The van der Waals surface area contributed by atoms with E-state index in [9.17, 15) is 14.4 Å². The Kier molecular flexibility index (Phi) is 5.07. The van der Waals surface area contributed by atoms with Crippen molar-refractivity contribution in [3.8, 4) is 0 Å². The minimum Gasteiger partial charge on any atom is -0.475 e. The minimum atomic E-state index is -1.64. The maximum atomic E-state index is 11.7. The van der Waals surface area contributed by atoms with Crippen molar-refractivity contribution in [3.05, 3.63) is 9.81 Å². The van der Waals surface area contributed by atoms with Gasteiger partial charge in [0, 0.05) is 11.5 Å². The molecule has 1 aliphatic heterocycles. The lowest BCUT2D eigenvalue weighted by molar-refractivity contribution is -0.151. The van der Waals surface area contributed by atoms with Gasteiger partial charge in [-0.05, 0) is 13.8 Å². The van der Waals surface area contributed by atoms with Gasteiger partial charge < -0.3 is 9.84 Å². The van der Waals surface area contributed by atoms with E-state index in [-0.39, 0.29) is 5.57 Å². The summed E-state index contributed by atoms with van der Waals surface area (Å²) >= 11 is 2.62. The normalized spacial score (nSPS) is 14.9. The Morgan fingerprint density at radius 2 is 1.76 bits per heavy atom. The highest BCUT2D eigenvalue weighted by Crippen LogP contribution is 2.39. The number of carbonyl (C=O) groups is 3. The molecule has 5 nitrogen and oxygen atoms in total. The zero-order valence-corrected chi connectivity index (χ0v) is 11.0. The van der Waals surface area contributed by atoms with Crippen molar-refractivity contribution in [1.29, 1.82) is 0 Å². The molecule has 0 aromatic rings. The van der Waals surface area contributed by atoms with Gasteiger partial charge in [0.25, 0.3) is 5.78 Å². The fraction of sp³-hybridized carbons (Fsp3) is 0.500. The van der Waals surface area contributed by atoms with E-state index in [1.807, 2.05) is 0 Å². The number of esters is 1. The van der Waals surface area contributed by atoms with Crippen molar-refractivity contribution in [3.63, 3.8) is 0 Å². The third-order valence-corrected chi connectivity index (χ3v) is 4.44. The molecule has 94 valence electrons. The topological polar surface area (TPSA) is 80.7 Å². The molecule has 0 spiro atoms. The summed E-state index contributed by atoms with van der Waals surface area (Å²) in [5, 5.41) is 8.69. The van der Waals surface area contributed by atoms with Gasteiger partial charge in [-0.3, -0.25) is 4.79 Å². The molecule has 0 amide bonds. The van der Waals surface area contributed by atoms with Crippen molar-refractivity contribution >= 4 is 41.2 Å². The van der Waals surface area contributed by atoms with E-state index in [0.717, 1.165) is 11.5 Å². The van der Waals surface area contributed by atoms with Crippen LogP contribution in [0.25, 0.3) is 0 Å². The number of Topliss-reactive ketones (excluding diaryl/α,β-unsaturated/α-hetero) is 1. The standard InChI is InChI=1S/C10H12O5S2/c1-5(2)15-9(14)6(7(11)8(12)13)10-16-3-4-17-10/h5H,3-4H2,1-2H3,(H,12,13). The molecule has 0 aromatic heterocycles. The van der Waals surface area contributed by atoms with E-state index in [0.29, 0.717) is 4.24 Å². The Labute approximate surface area is 107 Å². The van der Waals surface area contributed by atoms with Gasteiger partial charge in [-0.15, -0.1) is 23.5 Å². The summed E-state index contributed by atoms with van der Waals surface area (Å²) in [5.41, 5.74) is -0.348. The summed E-state index contributed by atoms with van der Waals surface area (Å²) in [7, 11) is 0. The van der Waals surface area contributed by atoms with Crippen LogP contribution in [0.3, 0.4) is 0 Å². The summed E-state index contributed by atoms with van der Waals surface area (Å²) in [6.07, 6.45) is -0.393. The number of hydrogen-bond donors (Lipinski definition) is 1. The van der Waals surface area contributed by atoms with Crippen LogP contribution in [0.15, 0.2) is 9.81 Å². The highest BCUT2D eigenvalue weighted by Gasteiger charge is 2.32. The molecule has 1 aliphatic rings. The first-order chi connectivity index (χ1) is 7.93. The molecule has 0 unspecified atom stereocenters. The molecule has 0 atom stereocenters. The van der Waals surface area contributed by atoms with Gasteiger partial charge in [-0.2, -0.15) is 0 Å². The smallest absolute Gasteiger partial charge is 0.377 e. The lowest BCUT2D eigenvalue weighted by Gasteiger charge is -2.10. The lowest BCUT2D eigenvalue weighted by atomic mass is 10.2. The highest BCUT2D eigenvalue weighted by atomic mass is 32.2. The first-order valence-electron chi connectivity index (χ1n) is 4.92. The molecular formula is C10H12O5S2. The second-order valence-corrected chi connectivity index (χ2v) is 5.92. The number of rotatable bonds is 4. The second kappa shape index (κ2) is 6.11. The molecule has 1 saturated heterocycles. The third kappa shape index (κ3) is 3.78. The van der Waals surface area contributed by atoms with Crippen molar-refractivity contribution in [2.45, 2.75) is 20.0 Å². The largest absolute Gasteiger partial charge is 0.475 e. The molecule has 1 rings (SSSR count). The van der Waals surface area contributed by atoms with Gasteiger partial charge in [0.2, 0.25) is 0 Å². The molecule has 1 fully saturated rings.